The average Bonchev–Trinajstić information content (AvgIpc) is 3.11. The first kappa shape index (κ1) is 25.4. The van der Waals surface area contributed by atoms with Crippen LogP contribution in [0.5, 0.6) is 0 Å². The van der Waals surface area contributed by atoms with Crippen LogP contribution < -0.4 is 0 Å². The van der Waals surface area contributed by atoms with Crippen LogP contribution >= 0.6 is 0 Å². The minimum absolute atomic E-state index is 0. The Hall–Kier alpha value is -1.82. The number of ether oxygens (including phenoxy) is 1. The zero-order valence-corrected chi connectivity index (χ0v) is 20.4. The molecule has 1 N–H and O–H groups in total. The maximum absolute atomic E-state index is 12.6. The van der Waals surface area contributed by atoms with Crippen LogP contribution in [-0.4, -0.2) is 29.6 Å². The molecule has 0 aromatic heterocycles. The van der Waals surface area contributed by atoms with Crippen molar-refractivity contribution in [2.45, 2.75) is 43.7 Å². The first-order chi connectivity index (χ1) is 14.6. The number of ketones is 1. The van der Waals surface area contributed by atoms with Crippen molar-refractivity contribution in [2.75, 3.05) is 6.61 Å². The number of carbonyl (C=O) groups excluding carboxylic acids is 1. The van der Waals surface area contributed by atoms with E-state index in [0.717, 1.165) is 11.1 Å². The molecule has 2 aromatic carbocycles. The quantitative estimate of drug-likeness (QED) is 0.355. The van der Waals surface area contributed by atoms with Gasteiger partial charge in [-0.05, 0) is 17.5 Å². The zero-order chi connectivity index (χ0) is 21.3. The number of hydrogen-bond acceptors (Lipinski definition) is 3. The Balaban J connectivity index is 0.00000341. The fourth-order valence-electron chi connectivity index (χ4n) is 4.20. The van der Waals surface area contributed by atoms with Crippen LogP contribution in [0.3, 0.4) is 0 Å². The molecule has 0 amide bonds. The second kappa shape index (κ2) is 12.9. The van der Waals surface area contributed by atoms with Crippen LogP contribution in [0.2, 0.25) is 0 Å². The summed E-state index contributed by atoms with van der Waals surface area (Å²) in [6, 6.07) is 17.2. The van der Waals surface area contributed by atoms with Crippen LogP contribution in [0.15, 0.2) is 54.6 Å². The van der Waals surface area contributed by atoms with Crippen molar-refractivity contribution in [3.63, 3.8) is 0 Å². The van der Waals surface area contributed by atoms with Gasteiger partial charge < -0.3 is 14.7 Å². The SMILES string of the molecule is [C-]#[N+][C@@H]1C[C@@H](O)C(c2ccc(C(=O)CCc3ccccc3)cc2)C1CC#CCO[CH2-].[Y]. The van der Waals surface area contributed by atoms with Gasteiger partial charge in [-0.15, -0.1) is 5.92 Å². The van der Waals surface area contributed by atoms with Gasteiger partial charge in [0.05, 0.1) is 18.6 Å². The van der Waals surface area contributed by atoms with Gasteiger partial charge in [0.1, 0.15) is 0 Å². The molecule has 4 atom stereocenters. The molecule has 1 aliphatic carbocycles. The molecule has 0 aliphatic heterocycles. The first-order valence-corrected chi connectivity index (χ1v) is 10.2. The van der Waals surface area contributed by atoms with Gasteiger partial charge in [-0.2, -0.15) is 0 Å². The fourth-order valence-corrected chi connectivity index (χ4v) is 4.20. The van der Waals surface area contributed by atoms with Crippen molar-refractivity contribution in [3.05, 3.63) is 89.8 Å². The van der Waals surface area contributed by atoms with Gasteiger partial charge in [0.25, 0.3) is 0 Å². The number of carbonyl (C=O) groups is 1. The molecule has 0 saturated heterocycles. The van der Waals surface area contributed by atoms with E-state index in [2.05, 4.69) is 23.8 Å². The number of aliphatic hydroxyl groups is 1. The van der Waals surface area contributed by atoms with E-state index in [4.69, 9.17) is 11.3 Å². The number of aliphatic hydroxyl groups excluding tert-OH is 1. The molecule has 1 fully saturated rings. The van der Waals surface area contributed by atoms with Gasteiger partial charge in [-0.3, -0.25) is 4.79 Å². The molecule has 2 unspecified atom stereocenters. The van der Waals surface area contributed by atoms with E-state index in [9.17, 15) is 9.90 Å². The van der Waals surface area contributed by atoms with Crippen LogP contribution in [0.4, 0.5) is 0 Å². The van der Waals surface area contributed by atoms with Gasteiger partial charge in [0, 0.05) is 63.5 Å². The van der Waals surface area contributed by atoms with Crippen molar-refractivity contribution in [1.29, 1.82) is 0 Å². The topological polar surface area (TPSA) is 50.9 Å². The predicted molar refractivity (Wildman–Crippen MR) is 116 cm³/mol. The molecular weight excluding hydrogens is 463 g/mol. The van der Waals surface area contributed by atoms with Gasteiger partial charge in [-0.1, -0.05) is 60.5 Å². The summed E-state index contributed by atoms with van der Waals surface area (Å²) in [5.74, 6) is 5.83. The summed E-state index contributed by atoms with van der Waals surface area (Å²) >= 11 is 0. The molecule has 0 spiro atoms. The zero-order valence-electron chi connectivity index (χ0n) is 17.5. The number of aryl methyl sites for hydroxylation is 1. The normalized spacial score (nSPS) is 22.0. The average molecular weight is 489 g/mol. The third-order valence-electron chi connectivity index (χ3n) is 5.76. The number of benzene rings is 2. The Morgan fingerprint density at radius 1 is 1.16 bits per heavy atom. The van der Waals surface area contributed by atoms with E-state index in [-0.39, 0.29) is 63.0 Å². The van der Waals surface area contributed by atoms with Crippen LogP contribution in [-0.2, 0) is 43.9 Å². The minimum Gasteiger partial charge on any atom is -0.546 e. The van der Waals surface area contributed by atoms with Gasteiger partial charge >= 0.3 is 0 Å². The third-order valence-corrected chi connectivity index (χ3v) is 5.76. The Morgan fingerprint density at radius 3 is 2.52 bits per heavy atom. The standard InChI is InChI=1S/C26H26NO3.Y/c1-27-23-18-25(29)26(22(23)10-6-7-17-30-2)21-14-12-20(13-15-21)24(28)16-11-19-8-4-3-5-9-19;/h3-5,8-9,12-15,22-23,25-26,29H,2,10-11,16-18H2;/q-1;/t22?,23-,25-,26?;/m1./s1. The number of hydrogen-bond donors (Lipinski definition) is 1. The van der Waals surface area contributed by atoms with Gasteiger partial charge in [0.2, 0.25) is 6.04 Å². The van der Waals surface area contributed by atoms with Crippen molar-refractivity contribution >= 4 is 5.78 Å². The Kier molecular flexibility index (Phi) is 10.6. The van der Waals surface area contributed by atoms with Crippen LogP contribution in [0.1, 0.15) is 46.7 Å². The van der Waals surface area contributed by atoms with E-state index in [1.165, 1.54) is 0 Å². The largest absolute Gasteiger partial charge is 0.546 e. The summed E-state index contributed by atoms with van der Waals surface area (Å²) in [6.07, 6.45) is 1.56. The fraction of sp³-hybridized carbons (Fsp3) is 0.346. The van der Waals surface area contributed by atoms with E-state index < -0.39 is 6.10 Å². The summed E-state index contributed by atoms with van der Waals surface area (Å²) < 4.78 is 4.71. The number of Topliss-reactive ketones (excluding diaryl/α,β-unsaturated/α-hetero) is 1. The van der Waals surface area contributed by atoms with Crippen LogP contribution in [0, 0.1) is 31.4 Å². The molecule has 4 nitrogen and oxygen atoms in total. The smallest absolute Gasteiger partial charge is 0.230 e. The second-order valence-electron chi connectivity index (χ2n) is 7.63. The first-order valence-electron chi connectivity index (χ1n) is 10.2. The van der Waals surface area contributed by atoms with Crippen molar-refractivity contribution in [2.24, 2.45) is 5.92 Å². The molecule has 0 bridgehead atoms. The maximum atomic E-state index is 12.6. The molecule has 5 heteroatoms. The summed E-state index contributed by atoms with van der Waals surface area (Å²) in [5, 5.41) is 10.6. The molecule has 1 radical (unpaired) electrons. The monoisotopic (exact) mass is 489 g/mol. The van der Waals surface area contributed by atoms with E-state index in [1.807, 2.05) is 54.6 Å². The van der Waals surface area contributed by atoms with E-state index >= 15 is 0 Å². The summed E-state index contributed by atoms with van der Waals surface area (Å²) in [5.41, 5.74) is 2.77. The predicted octanol–water partition coefficient (Wildman–Crippen LogP) is 4.45. The summed E-state index contributed by atoms with van der Waals surface area (Å²) in [6.45, 7) is 7.74. The van der Waals surface area contributed by atoms with Gasteiger partial charge in [-0.25, -0.2) is 13.7 Å². The molecule has 1 aliphatic rings. The Morgan fingerprint density at radius 2 is 1.87 bits per heavy atom. The number of nitrogens with zero attached hydrogens (tertiary/aromatic N) is 1. The molecule has 2 aromatic rings. The van der Waals surface area contributed by atoms with E-state index in [1.54, 1.807) is 0 Å². The number of rotatable bonds is 7. The van der Waals surface area contributed by atoms with Crippen molar-refractivity contribution < 1.29 is 47.3 Å². The summed E-state index contributed by atoms with van der Waals surface area (Å²) in [4.78, 5) is 16.3. The molecule has 1 saturated carbocycles. The molecular formula is C26H26NO3Y-. The molecule has 31 heavy (non-hydrogen) atoms. The summed E-state index contributed by atoms with van der Waals surface area (Å²) in [7, 11) is 3.29. The van der Waals surface area contributed by atoms with Crippen molar-refractivity contribution in [1.82, 2.24) is 0 Å². The van der Waals surface area contributed by atoms with Crippen molar-refractivity contribution in [3.8, 4) is 11.8 Å². The van der Waals surface area contributed by atoms with Gasteiger partial charge in [0.15, 0.2) is 5.78 Å². The minimum atomic E-state index is -0.584. The molecule has 3 rings (SSSR count). The second-order valence-corrected chi connectivity index (χ2v) is 7.63. The van der Waals surface area contributed by atoms with E-state index in [0.29, 0.717) is 31.2 Å². The van der Waals surface area contributed by atoms with Crippen LogP contribution in [0.25, 0.3) is 4.85 Å². The Labute approximate surface area is 210 Å². The Bertz CT molecular complexity index is 941. The maximum Gasteiger partial charge on any atom is 0.230 e. The molecule has 157 valence electrons. The molecule has 0 heterocycles. The third kappa shape index (κ3) is 6.83.